The normalized spacial score (nSPS) is 18.8. The van der Waals surface area contributed by atoms with Crippen LogP contribution in [-0.4, -0.2) is 63.5 Å². The van der Waals surface area contributed by atoms with Gasteiger partial charge < -0.3 is 25.2 Å². The van der Waals surface area contributed by atoms with Crippen molar-refractivity contribution in [2.24, 2.45) is 5.73 Å². The zero-order chi connectivity index (χ0) is 22.1. The number of thiophene rings is 1. The van der Waals surface area contributed by atoms with Crippen molar-refractivity contribution in [2.75, 3.05) is 20.1 Å². The van der Waals surface area contributed by atoms with Gasteiger partial charge in [0.1, 0.15) is 0 Å². The van der Waals surface area contributed by atoms with Gasteiger partial charge in [-0.05, 0) is 19.2 Å². The maximum atomic E-state index is 12.5. The average Bonchev–Trinajstić information content (AvgIpc) is 3.43. The second-order valence-electron chi connectivity index (χ2n) is 6.70. The van der Waals surface area contributed by atoms with Gasteiger partial charge >= 0.3 is 17.9 Å². The van der Waals surface area contributed by atoms with Gasteiger partial charge in [-0.25, -0.2) is 9.59 Å². The number of halogens is 1. The van der Waals surface area contributed by atoms with Crippen LogP contribution in [0.5, 0.6) is 0 Å². The van der Waals surface area contributed by atoms with Crippen LogP contribution < -0.4 is 11.1 Å². The largest absolute Gasteiger partial charge is 0.424 e. The molecule has 3 N–H and O–H groups in total. The van der Waals surface area contributed by atoms with Gasteiger partial charge in [-0.2, -0.15) is 4.98 Å². The highest BCUT2D eigenvalue weighted by Gasteiger charge is 2.41. The van der Waals surface area contributed by atoms with Gasteiger partial charge in [0, 0.05) is 30.1 Å². The number of aromatic nitrogens is 2. The highest BCUT2D eigenvalue weighted by Crippen LogP contribution is 2.42. The summed E-state index contributed by atoms with van der Waals surface area (Å²) in [6.07, 6.45) is 0.621. The highest BCUT2D eigenvalue weighted by molar-refractivity contribution is 8.03. The smallest absolute Gasteiger partial charge is 0.399 e. The van der Waals surface area contributed by atoms with Crippen molar-refractivity contribution in [1.82, 2.24) is 25.3 Å². The second kappa shape index (κ2) is 8.86. The molecular formula is C17H17ClN6O5S2. The molecule has 0 aromatic carbocycles. The number of amides is 3. The first-order chi connectivity index (χ1) is 14.8. The zero-order valence-electron chi connectivity index (χ0n) is 16.2. The first-order valence-electron chi connectivity index (χ1n) is 9.05. The molecule has 4 rings (SSSR count). The number of primary amides is 1. The molecule has 0 spiro atoms. The van der Waals surface area contributed by atoms with E-state index in [2.05, 4.69) is 20.4 Å². The fraction of sp³-hybridized carbons (Fsp3) is 0.353. The van der Waals surface area contributed by atoms with E-state index >= 15 is 0 Å². The molecule has 1 unspecified atom stereocenters. The molecule has 2 aliphatic rings. The minimum atomic E-state index is -0.944. The summed E-state index contributed by atoms with van der Waals surface area (Å²) >= 11 is 8.19. The Balaban J connectivity index is 1.36. The fourth-order valence-electron chi connectivity index (χ4n) is 3.06. The summed E-state index contributed by atoms with van der Waals surface area (Å²) in [6, 6.07) is 2.50. The van der Waals surface area contributed by atoms with E-state index in [1.54, 1.807) is 12.1 Å². The first kappa shape index (κ1) is 21.6. The molecule has 0 saturated carbocycles. The standard InChI is InChI=1S/C17H17ClN6O5S2/c1-23-5-4-8-10(7-23)31-17(24(8)16(19)27)28-15(26)14-21-12(22-29-14)6-20-13(25)9-2-3-11(18)30-9/h2-3,17H,4-7H2,1H3,(H2,19,27)(H,20,25). The molecule has 2 aromatic heterocycles. The molecule has 11 nitrogen and oxygen atoms in total. The minimum Gasteiger partial charge on any atom is -0.424 e. The molecule has 0 bridgehead atoms. The molecule has 0 aliphatic carbocycles. The van der Waals surface area contributed by atoms with Gasteiger partial charge in [-0.1, -0.05) is 28.5 Å². The number of urea groups is 1. The Labute approximate surface area is 189 Å². The Hall–Kier alpha value is -2.61. The third-order valence-electron chi connectivity index (χ3n) is 4.50. The number of hydrogen-bond acceptors (Lipinski definition) is 10. The predicted molar refractivity (Wildman–Crippen MR) is 112 cm³/mol. The SMILES string of the molecule is CN1CCC2=C(C1)SC(OC(=O)c1nc(CNC(=O)c3ccc(Cl)s3)no1)N2C(N)=O. The van der Waals surface area contributed by atoms with Crippen molar-refractivity contribution in [3.8, 4) is 0 Å². The molecule has 164 valence electrons. The van der Waals surface area contributed by atoms with Crippen LogP contribution in [0.2, 0.25) is 4.34 Å². The number of nitrogens with one attached hydrogen (secondary N) is 1. The van der Waals surface area contributed by atoms with Crippen LogP contribution in [0.1, 0.15) is 32.6 Å². The lowest BCUT2D eigenvalue weighted by atomic mass is 10.2. The summed E-state index contributed by atoms with van der Waals surface area (Å²) in [4.78, 5) is 45.1. The van der Waals surface area contributed by atoms with Crippen molar-refractivity contribution < 1.29 is 23.6 Å². The lowest BCUT2D eigenvalue weighted by molar-refractivity contribution is 0.0212. The molecular weight excluding hydrogens is 468 g/mol. The van der Waals surface area contributed by atoms with Crippen molar-refractivity contribution in [2.45, 2.75) is 18.5 Å². The maximum absolute atomic E-state index is 12.5. The van der Waals surface area contributed by atoms with Crippen LogP contribution in [0, 0.1) is 0 Å². The molecule has 4 heterocycles. The zero-order valence-corrected chi connectivity index (χ0v) is 18.6. The summed E-state index contributed by atoms with van der Waals surface area (Å²) < 4.78 is 10.8. The Kier molecular flexibility index (Phi) is 6.18. The Morgan fingerprint density at radius 2 is 2.23 bits per heavy atom. The lowest BCUT2D eigenvalue weighted by Crippen LogP contribution is -2.42. The van der Waals surface area contributed by atoms with Gasteiger partial charge in [0.25, 0.3) is 5.91 Å². The van der Waals surface area contributed by atoms with E-state index in [0.29, 0.717) is 22.2 Å². The molecule has 1 atom stereocenters. The number of nitrogens with two attached hydrogens (primary N) is 1. The topological polar surface area (TPSA) is 144 Å². The molecule has 0 radical (unpaired) electrons. The number of carbonyl (C=O) groups excluding carboxylic acids is 3. The van der Waals surface area contributed by atoms with Crippen molar-refractivity contribution >= 4 is 52.6 Å². The van der Waals surface area contributed by atoms with Crippen LogP contribution in [0.15, 0.2) is 27.3 Å². The molecule has 3 amide bonds. The molecule has 14 heteroatoms. The first-order valence-corrected chi connectivity index (χ1v) is 11.1. The van der Waals surface area contributed by atoms with E-state index in [0.717, 1.165) is 28.5 Å². The predicted octanol–water partition coefficient (Wildman–Crippen LogP) is 1.83. The Bertz CT molecular complexity index is 1070. The van der Waals surface area contributed by atoms with E-state index in [1.807, 2.05) is 7.05 Å². The van der Waals surface area contributed by atoms with E-state index in [-0.39, 0.29) is 18.3 Å². The summed E-state index contributed by atoms with van der Waals surface area (Å²) in [7, 11) is 1.96. The Morgan fingerprint density at radius 1 is 1.42 bits per heavy atom. The summed E-state index contributed by atoms with van der Waals surface area (Å²) in [5, 5.41) is 6.27. The highest BCUT2D eigenvalue weighted by atomic mass is 35.5. The molecule has 2 aromatic rings. The van der Waals surface area contributed by atoms with Crippen LogP contribution >= 0.6 is 34.7 Å². The third kappa shape index (κ3) is 4.69. The van der Waals surface area contributed by atoms with Crippen molar-refractivity contribution in [1.29, 1.82) is 0 Å². The second-order valence-corrected chi connectivity index (χ2v) is 9.55. The summed E-state index contributed by atoms with van der Waals surface area (Å²) in [5.74, 6) is -1.55. The van der Waals surface area contributed by atoms with Gasteiger partial charge in [-0.3, -0.25) is 9.69 Å². The number of thioether (sulfide) groups is 1. The number of likely N-dealkylation sites (N-methyl/N-ethyl adjacent to an activating group) is 1. The maximum Gasteiger partial charge on any atom is 0.399 e. The molecule has 31 heavy (non-hydrogen) atoms. The van der Waals surface area contributed by atoms with Gasteiger partial charge in [0.2, 0.25) is 5.56 Å². The van der Waals surface area contributed by atoms with Gasteiger partial charge in [0.15, 0.2) is 5.82 Å². The van der Waals surface area contributed by atoms with Gasteiger partial charge in [-0.15, -0.1) is 11.3 Å². The minimum absolute atomic E-state index is 0.0566. The molecule has 0 fully saturated rings. The van der Waals surface area contributed by atoms with Crippen LogP contribution in [-0.2, 0) is 11.3 Å². The number of esters is 1. The summed E-state index contributed by atoms with van der Waals surface area (Å²) in [6.45, 7) is 1.34. The quantitative estimate of drug-likeness (QED) is 0.607. The number of rotatable bonds is 5. The fourth-order valence-corrected chi connectivity index (χ4v) is 5.37. The van der Waals surface area contributed by atoms with E-state index in [1.165, 1.54) is 16.7 Å². The van der Waals surface area contributed by atoms with Crippen LogP contribution in [0.4, 0.5) is 4.79 Å². The number of carbonyl (C=O) groups is 3. The van der Waals surface area contributed by atoms with Crippen molar-refractivity contribution in [3.05, 3.63) is 43.7 Å². The van der Waals surface area contributed by atoms with E-state index in [4.69, 9.17) is 26.6 Å². The lowest BCUT2D eigenvalue weighted by Gasteiger charge is -2.27. The number of nitrogens with zero attached hydrogens (tertiary/aromatic N) is 4. The number of hydrogen-bond donors (Lipinski definition) is 2. The molecule has 0 saturated heterocycles. The van der Waals surface area contributed by atoms with Crippen LogP contribution in [0.25, 0.3) is 0 Å². The van der Waals surface area contributed by atoms with Crippen LogP contribution in [0.3, 0.4) is 0 Å². The van der Waals surface area contributed by atoms with Crippen molar-refractivity contribution in [3.63, 3.8) is 0 Å². The number of ether oxygens (including phenoxy) is 1. The van der Waals surface area contributed by atoms with Gasteiger partial charge in [0.05, 0.1) is 15.8 Å². The monoisotopic (exact) mass is 484 g/mol. The van der Waals surface area contributed by atoms with E-state index < -0.39 is 23.5 Å². The van der Waals surface area contributed by atoms with E-state index in [9.17, 15) is 14.4 Å². The molecule has 2 aliphatic heterocycles. The Morgan fingerprint density at radius 3 is 2.94 bits per heavy atom. The average molecular weight is 485 g/mol. The third-order valence-corrected chi connectivity index (χ3v) is 6.89. The summed E-state index contributed by atoms with van der Waals surface area (Å²) in [5.41, 5.74) is 5.32.